The van der Waals surface area contributed by atoms with Crippen molar-refractivity contribution < 1.29 is 9.84 Å². The molecule has 0 aromatic heterocycles. The van der Waals surface area contributed by atoms with Crippen molar-refractivity contribution in [3.63, 3.8) is 0 Å². The van der Waals surface area contributed by atoms with Crippen LogP contribution in [0.4, 0.5) is 0 Å². The Bertz CT molecular complexity index is 518. The Kier molecular flexibility index (Phi) is 4.06. The molecule has 1 unspecified atom stereocenters. The molecule has 142 valence electrons. The summed E-state index contributed by atoms with van der Waals surface area (Å²) >= 11 is 0. The van der Waals surface area contributed by atoms with Crippen molar-refractivity contribution >= 4 is 0 Å². The van der Waals surface area contributed by atoms with E-state index in [0.717, 1.165) is 42.4 Å². The molecule has 9 atom stereocenters. The number of fused-ring (bicyclic) bond motifs is 4. The van der Waals surface area contributed by atoms with Crippen molar-refractivity contribution in [3.05, 3.63) is 0 Å². The number of aliphatic hydroxyl groups excluding tert-OH is 1. The van der Waals surface area contributed by atoms with Crippen molar-refractivity contribution in [3.8, 4) is 0 Å². The van der Waals surface area contributed by atoms with Gasteiger partial charge in [0.2, 0.25) is 0 Å². The molecule has 5 aliphatic carbocycles. The van der Waals surface area contributed by atoms with Gasteiger partial charge < -0.3 is 9.84 Å². The van der Waals surface area contributed by atoms with Gasteiger partial charge in [0.1, 0.15) is 0 Å². The van der Waals surface area contributed by atoms with Crippen LogP contribution in [0, 0.1) is 40.4 Å². The maximum absolute atomic E-state index is 10.2. The van der Waals surface area contributed by atoms with Crippen LogP contribution < -0.4 is 0 Å². The molecule has 0 aromatic carbocycles. The number of hydrogen-bond donors (Lipinski definition) is 1. The number of hydrogen-bond acceptors (Lipinski definition) is 2. The van der Waals surface area contributed by atoms with Gasteiger partial charge in [0.05, 0.1) is 12.2 Å². The molecule has 0 aromatic rings. The van der Waals surface area contributed by atoms with Crippen molar-refractivity contribution in [2.45, 2.75) is 96.2 Å². The van der Waals surface area contributed by atoms with Crippen LogP contribution in [0.3, 0.4) is 0 Å². The van der Waals surface area contributed by atoms with E-state index < -0.39 is 0 Å². The Balaban J connectivity index is 1.44. The highest BCUT2D eigenvalue weighted by Gasteiger charge is 2.63. The molecule has 5 fully saturated rings. The lowest BCUT2D eigenvalue weighted by Gasteiger charge is -2.62. The van der Waals surface area contributed by atoms with E-state index in [2.05, 4.69) is 6.92 Å². The van der Waals surface area contributed by atoms with Crippen LogP contribution in [0.2, 0.25) is 0 Å². The molecule has 5 saturated carbocycles. The van der Waals surface area contributed by atoms with Gasteiger partial charge in [-0.2, -0.15) is 0 Å². The van der Waals surface area contributed by atoms with Crippen LogP contribution in [-0.2, 0) is 4.74 Å². The predicted molar refractivity (Wildman–Crippen MR) is 100 cm³/mol. The second kappa shape index (κ2) is 5.96. The normalized spacial score (nSPS) is 58.0. The first-order valence-electron chi connectivity index (χ1n) is 11.3. The van der Waals surface area contributed by atoms with Gasteiger partial charge in [-0.3, -0.25) is 0 Å². The molecule has 2 heteroatoms. The average molecular weight is 347 g/mol. The summed E-state index contributed by atoms with van der Waals surface area (Å²) in [5.74, 6) is 4.55. The zero-order chi connectivity index (χ0) is 17.2. The second-order valence-corrected chi connectivity index (χ2v) is 10.7. The van der Waals surface area contributed by atoms with Crippen LogP contribution in [0.1, 0.15) is 84.0 Å². The lowest BCUT2D eigenvalue weighted by Crippen LogP contribution is -2.56. The second-order valence-electron chi connectivity index (χ2n) is 10.7. The largest absolute Gasteiger partial charge is 0.393 e. The maximum atomic E-state index is 10.2. The summed E-state index contributed by atoms with van der Waals surface area (Å²) in [4.78, 5) is 0. The molecule has 0 heterocycles. The number of aliphatic hydroxyl groups is 1. The standard InChI is InChI=1S/C23H38O2/c1-22-12-9-16(24)14-15(22)5-6-17-18(22)10-13-23-11-3-4-21(25-2)20(23)8-7-19(17)23/h15-21,24H,3-14H2,1-2H3/t15-,16+,17+,18-,19-,20+,21+,22-,23?/m0/s1. The first-order valence-corrected chi connectivity index (χ1v) is 11.3. The lowest BCUT2D eigenvalue weighted by molar-refractivity contribution is -0.150. The van der Waals surface area contributed by atoms with Crippen molar-refractivity contribution in [1.82, 2.24) is 0 Å². The predicted octanol–water partition coefficient (Wildman–Crippen LogP) is 5.19. The molecule has 5 aliphatic rings. The summed E-state index contributed by atoms with van der Waals surface area (Å²) in [6, 6.07) is 0. The topological polar surface area (TPSA) is 29.5 Å². The molecule has 0 saturated heterocycles. The molecular formula is C23H38O2. The SMILES string of the molecule is CO[C@@H]1CCCC23CC[C@H]4[C@@H](CC[C@H]5C[C@H](O)CC[C@@]54C)[C@@H]2CC[C@H]13. The average Bonchev–Trinajstić information content (AvgIpc) is 3.02. The summed E-state index contributed by atoms with van der Waals surface area (Å²) in [6.07, 6.45) is 16.9. The van der Waals surface area contributed by atoms with Crippen molar-refractivity contribution in [2.75, 3.05) is 7.11 Å². The third-order valence-corrected chi connectivity index (χ3v) is 10.3. The molecule has 0 bridgehead atoms. The maximum Gasteiger partial charge on any atom is 0.0604 e. The molecule has 2 nitrogen and oxygen atoms in total. The molecule has 0 radical (unpaired) electrons. The minimum Gasteiger partial charge on any atom is -0.393 e. The number of rotatable bonds is 1. The smallest absolute Gasteiger partial charge is 0.0604 e. The molecule has 1 N–H and O–H groups in total. The van der Waals surface area contributed by atoms with E-state index in [-0.39, 0.29) is 6.10 Å². The van der Waals surface area contributed by atoms with E-state index in [1.807, 2.05) is 7.11 Å². The van der Waals surface area contributed by atoms with Crippen molar-refractivity contribution in [1.29, 1.82) is 0 Å². The Morgan fingerprint density at radius 1 is 0.840 bits per heavy atom. The van der Waals surface area contributed by atoms with E-state index in [9.17, 15) is 5.11 Å². The van der Waals surface area contributed by atoms with E-state index in [4.69, 9.17) is 4.74 Å². The summed E-state index contributed by atoms with van der Waals surface area (Å²) in [7, 11) is 1.96. The van der Waals surface area contributed by atoms with Crippen LogP contribution in [0.15, 0.2) is 0 Å². The van der Waals surface area contributed by atoms with E-state index in [1.54, 1.807) is 0 Å². The minimum atomic E-state index is -0.0128. The van der Waals surface area contributed by atoms with Crippen LogP contribution in [0.25, 0.3) is 0 Å². The summed E-state index contributed by atoms with van der Waals surface area (Å²) < 4.78 is 5.97. The fraction of sp³-hybridized carbons (Fsp3) is 1.00. The number of ether oxygens (including phenoxy) is 1. The Morgan fingerprint density at radius 2 is 1.68 bits per heavy atom. The van der Waals surface area contributed by atoms with Gasteiger partial charge in [-0.15, -0.1) is 0 Å². The van der Waals surface area contributed by atoms with Gasteiger partial charge in [-0.1, -0.05) is 13.3 Å². The van der Waals surface area contributed by atoms with E-state index in [0.29, 0.717) is 16.9 Å². The van der Waals surface area contributed by atoms with Gasteiger partial charge in [0, 0.05) is 7.11 Å². The van der Waals surface area contributed by atoms with E-state index in [1.165, 1.54) is 64.2 Å². The minimum absolute atomic E-state index is 0.0128. The molecule has 1 spiro atoms. The molecule has 25 heavy (non-hydrogen) atoms. The highest BCUT2D eigenvalue weighted by atomic mass is 16.5. The lowest BCUT2D eigenvalue weighted by atomic mass is 9.43. The molecule has 5 rings (SSSR count). The fourth-order valence-electron chi connectivity index (χ4n) is 9.25. The monoisotopic (exact) mass is 346 g/mol. The quantitative estimate of drug-likeness (QED) is 0.708. The zero-order valence-corrected chi connectivity index (χ0v) is 16.4. The highest BCUT2D eigenvalue weighted by Crippen LogP contribution is 2.70. The van der Waals surface area contributed by atoms with E-state index >= 15 is 0 Å². The first kappa shape index (κ1) is 17.0. The van der Waals surface area contributed by atoms with Gasteiger partial charge in [0.25, 0.3) is 0 Å². The molecular weight excluding hydrogens is 308 g/mol. The zero-order valence-electron chi connectivity index (χ0n) is 16.4. The third kappa shape index (κ3) is 2.29. The van der Waals surface area contributed by atoms with Gasteiger partial charge in [-0.25, -0.2) is 0 Å². The van der Waals surface area contributed by atoms with Crippen LogP contribution >= 0.6 is 0 Å². The summed E-state index contributed by atoms with van der Waals surface area (Å²) in [5, 5.41) is 10.2. The van der Waals surface area contributed by atoms with Crippen LogP contribution in [-0.4, -0.2) is 24.4 Å². The fourth-order valence-corrected chi connectivity index (χ4v) is 9.25. The van der Waals surface area contributed by atoms with Gasteiger partial charge in [0.15, 0.2) is 0 Å². The third-order valence-electron chi connectivity index (χ3n) is 10.3. The van der Waals surface area contributed by atoms with Gasteiger partial charge >= 0.3 is 0 Å². The summed E-state index contributed by atoms with van der Waals surface area (Å²) in [5.41, 5.74) is 1.16. The molecule has 0 aliphatic heterocycles. The Morgan fingerprint density at radius 3 is 2.52 bits per heavy atom. The Labute approximate surface area is 154 Å². The first-order chi connectivity index (χ1) is 12.1. The van der Waals surface area contributed by atoms with Crippen LogP contribution in [0.5, 0.6) is 0 Å². The Hall–Kier alpha value is -0.0800. The highest BCUT2D eigenvalue weighted by molar-refractivity contribution is 5.12. The molecule has 0 amide bonds. The van der Waals surface area contributed by atoms with Gasteiger partial charge in [-0.05, 0) is 111 Å². The van der Waals surface area contributed by atoms with Crippen molar-refractivity contribution in [2.24, 2.45) is 40.4 Å². The summed E-state index contributed by atoms with van der Waals surface area (Å²) in [6.45, 7) is 2.61. The number of methoxy groups -OCH3 is 1.